The average Bonchev–Trinajstić information content (AvgIpc) is 2.84. The Balaban J connectivity index is 0.000000295. The molecule has 0 bridgehead atoms. The molecule has 2 heterocycles. The molecule has 1 amide bonds. The summed E-state index contributed by atoms with van der Waals surface area (Å²) in [6, 6.07) is 0.207. The predicted octanol–water partition coefficient (Wildman–Crippen LogP) is 0.722. The first-order valence-corrected chi connectivity index (χ1v) is 6.86. The van der Waals surface area contributed by atoms with Crippen molar-refractivity contribution in [1.29, 1.82) is 0 Å². The zero-order valence-electron chi connectivity index (χ0n) is 12.7. The maximum atomic E-state index is 12.2. The van der Waals surface area contributed by atoms with Crippen molar-refractivity contribution in [2.24, 2.45) is 11.3 Å². The summed E-state index contributed by atoms with van der Waals surface area (Å²) in [5, 5.41) is 10.1. The molecule has 128 valence electrons. The van der Waals surface area contributed by atoms with Crippen molar-refractivity contribution >= 4 is 11.9 Å². The second kappa shape index (κ2) is 6.82. The number of likely N-dealkylation sites (tertiary alicyclic amines) is 1. The summed E-state index contributed by atoms with van der Waals surface area (Å²) < 4.78 is 37.2. The number of carboxylic acids is 1. The molecule has 2 N–H and O–H groups in total. The molecule has 2 aliphatic rings. The van der Waals surface area contributed by atoms with E-state index >= 15 is 0 Å². The largest absolute Gasteiger partial charge is 0.490 e. The fourth-order valence-corrected chi connectivity index (χ4v) is 2.71. The van der Waals surface area contributed by atoms with Crippen LogP contribution in [0.1, 0.15) is 13.8 Å². The van der Waals surface area contributed by atoms with Crippen LogP contribution < -0.4 is 5.32 Å². The molecule has 0 aromatic carbocycles. The van der Waals surface area contributed by atoms with Crippen LogP contribution >= 0.6 is 0 Å². The Morgan fingerprint density at radius 3 is 2.41 bits per heavy atom. The van der Waals surface area contributed by atoms with Gasteiger partial charge in [-0.2, -0.15) is 13.2 Å². The highest BCUT2D eigenvalue weighted by Crippen LogP contribution is 2.40. The molecular weight excluding hydrogens is 305 g/mol. The molecule has 2 saturated heterocycles. The number of ether oxygens (including phenoxy) is 1. The van der Waals surface area contributed by atoms with Gasteiger partial charge in [-0.1, -0.05) is 0 Å². The first-order chi connectivity index (χ1) is 9.99. The fourth-order valence-electron chi connectivity index (χ4n) is 2.71. The quantitative estimate of drug-likeness (QED) is 0.782. The van der Waals surface area contributed by atoms with Gasteiger partial charge >= 0.3 is 12.1 Å². The Hall–Kier alpha value is -1.35. The normalized spacial score (nSPS) is 28.0. The van der Waals surface area contributed by atoms with Crippen molar-refractivity contribution in [3.8, 4) is 0 Å². The number of halogens is 3. The molecule has 0 aliphatic carbocycles. The number of carboxylic acid groups (broad SMARTS) is 1. The van der Waals surface area contributed by atoms with Gasteiger partial charge in [0.1, 0.15) is 0 Å². The van der Waals surface area contributed by atoms with Gasteiger partial charge in [-0.25, -0.2) is 4.79 Å². The zero-order chi connectivity index (χ0) is 17.1. The summed E-state index contributed by atoms with van der Waals surface area (Å²) in [5.41, 5.74) is -0.279. The smallest absolute Gasteiger partial charge is 0.475 e. The summed E-state index contributed by atoms with van der Waals surface area (Å²) in [6.07, 6.45) is -5.08. The van der Waals surface area contributed by atoms with Gasteiger partial charge < -0.3 is 20.1 Å². The molecular formula is C13H21F3N2O4. The summed E-state index contributed by atoms with van der Waals surface area (Å²) in [5.74, 6) is -2.21. The topological polar surface area (TPSA) is 78.9 Å². The molecule has 0 aromatic heterocycles. The SMILES string of the molecule is CC(C)NC(=O)[C@]12COC[C@H]1CN(C)C2.O=C(O)C(F)(F)F. The van der Waals surface area contributed by atoms with E-state index in [-0.39, 0.29) is 17.4 Å². The molecule has 0 spiro atoms. The van der Waals surface area contributed by atoms with Gasteiger partial charge in [0.25, 0.3) is 0 Å². The highest BCUT2D eigenvalue weighted by atomic mass is 19.4. The Labute approximate surface area is 126 Å². The monoisotopic (exact) mass is 326 g/mol. The number of fused-ring (bicyclic) bond motifs is 1. The summed E-state index contributed by atoms with van der Waals surface area (Å²) in [7, 11) is 2.07. The summed E-state index contributed by atoms with van der Waals surface area (Å²) in [4.78, 5) is 23.3. The van der Waals surface area contributed by atoms with Gasteiger partial charge in [0.2, 0.25) is 5.91 Å². The number of hydrogen-bond acceptors (Lipinski definition) is 4. The highest BCUT2D eigenvalue weighted by Gasteiger charge is 2.54. The molecule has 2 rings (SSSR count). The van der Waals surface area contributed by atoms with E-state index < -0.39 is 12.1 Å². The second-order valence-corrected chi connectivity index (χ2v) is 6.00. The molecule has 22 heavy (non-hydrogen) atoms. The maximum absolute atomic E-state index is 12.2. The predicted molar refractivity (Wildman–Crippen MR) is 71.2 cm³/mol. The molecule has 9 heteroatoms. The third kappa shape index (κ3) is 4.33. The van der Waals surface area contributed by atoms with E-state index in [1.807, 2.05) is 13.8 Å². The molecule has 2 atom stereocenters. The lowest BCUT2D eigenvalue weighted by molar-refractivity contribution is -0.192. The van der Waals surface area contributed by atoms with Crippen molar-refractivity contribution in [3.63, 3.8) is 0 Å². The van der Waals surface area contributed by atoms with Crippen LogP contribution in [0.3, 0.4) is 0 Å². The molecule has 6 nitrogen and oxygen atoms in total. The van der Waals surface area contributed by atoms with E-state index in [9.17, 15) is 18.0 Å². The van der Waals surface area contributed by atoms with Crippen LogP contribution in [0.25, 0.3) is 0 Å². The Morgan fingerprint density at radius 2 is 1.95 bits per heavy atom. The number of carbonyl (C=O) groups excluding carboxylic acids is 1. The Kier molecular flexibility index (Phi) is 5.80. The van der Waals surface area contributed by atoms with Crippen LogP contribution in [-0.2, 0) is 14.3 Å². The van der Waals surface area contributed by atoms with Crippen molar-refractivity contribution in [2.45, 2.75) is 26.1 Å². The molecule has 0 radical (unpaired) electrons. The molecule has 2 aliphatic heterocycles. The first kappa shape index (κ1) is 18.7. The van der Waals surface area contributed by atoms with Gasteiger partial charge in [0, 0.05) is 25.0 Å². The summed E-state index contributed by atoms with van der Waals surface area (Å²) >= 11 is 0. The van der Waals surface area contributed by atoms with Crippen LogP contribution in [0, 0.1) is 11.3 Å². The average molecular weight is 326 g/mol. The maximum Gasteiger partial charge on any atom is 0.490 e. The number of hydrogen-bond donors (Lipinski definition) is 2. The van der Waals surface area contributed by atoms with Crippen molar-refractivity contribution < 1.29 is 32.6 Å². The van der Waals surface area contributed by atoms with Crippen molar-refractivity contribution in [3.05, 3.63) is 0 Å². The minimum Gasteiger partial charge on any atom is -0.475 e. The molecule has 0 unspecified atom stereocenters. The van der Waals surface area contributed by atoms with Gasteiger partial charge in [-0.05, 0) is 20.9 Å². The van der Waals surface area contributed by atoms with Crippen LogP contribution in [0.2, 0.25) is 0 Å². The summed E-state index contributed by atoms with van der Waals surface area (Å²) in [6.45, 7) is 7.12. The number of alkyl halides is 3. The van der Waals surface area contributed by atoms with E-state index in [4.69, 9.17) is 14.6 Å². The van der Waals surface area contributed by atoms with Crippen molar-refractivity contribution in [1.82, 2.24) is 10.2 Å². The van der Waals surface area contributed by atoms with E-state index in [1.54, 1.807) is 0 Å². The van der Waals surface area contributed by atoms with Gasteiger partial charge in [0.15, 0.2) is 0 Å². The van der Waals surface area contributed by atoms with Crippen molar-refractivity contribution in [2.75, 3.05) is 33.4 Å². The van der Waals surface area contributed by atoms with Crippen LogP contribution in [0.4, 0.5) is 13.2 Å². The number of rotatable bonds is 2. The highest BCUT2D eigenvalue weighted by molar-refractivity contribution is 5.84. The minimum absolute atomic E-state index is 0.171. The van der Waals surface area contributed by atoms with E-state index in [0.29, 0.717) is 12.5 Å². The minimum atomic E-state index is -5.08. The van der Waals surface area contributed by atoms with Crippen LogP contribution in [0.5, 0.6) is 0 Å². The lowest BCUT2D eigenvalue weighted by Crippen LogP contribution is -2.48. The third-order valence-electron chi connectivity index (χ3n) is 3.66. The van der Waals surface area contributed by atoms with E-state index in [0.717, 1.165) is 19.7 Å². The Bertz CT molecular complexity index is 428. The van der Waals surface area contributed by atoms with E-state index in [1.165, 1.54) is 0 Å². The van der Waals surface area contributed by atoms with Gasteiger partial charge in [-0.15, -0.1) is 0 Å². The first-order valence-electron chi connectivity index (χ1n) is 6.86. The second-order valence-electron chi connectivity index (χ2n) is 6.00. The van der Waals surface area contributed by atoms with Gasteiger partial charge in [-0.3, -0.25) is 4.79 Å². The third-order valence-corrected chi connectivity index (χ3v) is 3.66. The number of amides is 1. The lowest BCUT2D eigenvalue weighted by Gasteiger charge is -2.26. The Morgan fingerprint density at radius 1 is 1.41 bits per heavy atom. The fraction of sp³-hybridized carbons (Fsp3) is 0.846. The van der Waals surface area contributed by atoms with Crippen LogP contribution in [0.15, 0.2) is 0 Å². The lowest BCUT2D eigenvalue weighted by atomic mass is 9.80. The zero-order valence-corrected chi connectivity index (χ0v) is 12.7. The standard InChI is InChI=1S/C11H20N2O2.C2HF3O2/c1-8(2)12-10(14)11-6-13(3)4-9(11)5-15-7-11;3-2(4,5)1(6)7/h8-9H,4-7H2,1-3H3,(H,12,14);(H,6,7)/t9-,11-;/m1./s1. The molecule has 0 aromatic rings. The number of carbonyl (C=O) groups is 2. The van der Waals surface area contributed by atoms with Gasteiger partial charge in [0.05, 0.1) is 18.6 Å². The molecule has 2 fully saturated rings. The van der Waals surface area contributed by atoms with E-state index in [2.05, 4.69) is 17.3 Å². The number of aliphatic carboxylic acids is 1. The number of nitrogens with one attached hydrogen (secondary N) is 1. The number of nitrogens with zero attached hydrogens (tertiary/aromatic N) is 1. The molecule has 0 saturated carbocycles. The van der Waals surface area contributed by atoms with Crippen LogP contribution in [-0.4, -0.2) is 67.5 Å².